The summed E-state index contributed by atoms with van der Waals surface area (Å²) in [6.45, 7) is 1.82. The highest BCUT2D eigenvalue weighted by Crippen LogP contribution is 2.28. The van der Waals surface area contributed by atoms with E-state index in [1.807, 2.05) is 6.92 Å². The molecule has 1 aliphatic carbocycles. The first kappa shape index (κ1) is 15.4. The number of nitrogens with zero attached hydrogens (tertiary/aromatic N) is 2. The molecule has 1 aromatic heterocycles. The molecule has 1 aromatic rings. The van der Waals surface area contributed by atoms with E-state index >= 15 is 0 Å². The fraction of sp³-hybridized carbons (Fsp3) is 0.500. The van der Waals surface area contributed by atoms with Crippen molar-refractivity contribution in [3.8, 4) is 0 Å². The monoisotopic (exact) mass is 322 g/mol. The Morgan fingerprint density at radius 1 is 1.50 bits per heavy atom. The molecule has 0 N–H and O–H groups in total. The molecule has 0 radical (unpaired) electrons. The predicted octanol–water partition coefficient (Wildman–Crippen LogP) is 4.61. The molecule has 0 aliphatic heterocycles. The molecule has 0 unspecified atom stereocenters. The maximum Gasteiger partial charge on any atom is 0.301 e. The summed E-state index contributed by atoms with van der Waals surface area (Å²) in [5.41, 5.74) is 0.738. The van der Waals surface area contributed by atoms with Gasteiger partial charge in [-0.15, -0.1) is 11.3 Å². The number of aromatic nitrogens is 1. The molecule has 8 heteroatoms. The van der Waals surface area contributed by atoms with Crippen molar-refractivity contribution in [2.24, 2.45) is 5.16 Å². The molecular weight excluding hydrogens is 309 g/mol. The van der Waals surface area contributed by atoms with E-state index in [1.54, 1.807) is 6.20 Å². The van der Waals surface area contributed by atoms with E-state index in [0.717, 1.165) is 23.4 Å². The third-order valence-electron chi connectivity index (χ3n) is 2.46. The van der Waals surface area contributed by atoms with Gasteiger partial charge in [-0.1, -0.05) is 16.9 Å². The predicted molar refractivity (Wildman–Crippen MR) is 74.1 cm³/mol. The summed E-state index contributed by atoms with van der Waals surface area (Å²) in [5, 5.41) is 4.01. The van der Waals surface area contributed by atoms with Crippen LogP contribution in [0.25, 0.3) is 0 Å². The third kappa shape index (κ3) is 4.82. The van der Waals surface area contributed by atoms with Crippen LogP contribution in [0.5, 0.6) is 0 Å². The van der Waals surface area contributed by atoms with Crippen LogP contribution in [-0.2, 0) is 4.84 Å². The van der Waals surface area contributed by atoms with Gasteiger partial charge in [-0.25, -0.2) is 9.37 Å². The van der Waals surface area contributed by atoms with Crippen LogP contribution in [0.4, 0.5) is 13.2 Å². The minimum Gasteiger partial charge on any atom is -0.392 e. The van der Waals surface area contributed by atoms with Crippen molar-refractivity contribution in [1.82, 2.24) is 4.98 Å². The number of thioether (sulfide) groups is 1. The van der Waals surface area contributed by atoms with Gasteiger partial charge < -0.3 is 4.84 Å². The Hall–Kier alpha value is -1.02. The Balaban J connectivity index is 1.82. The number of allylic oxidation sites excluding steroid dienone is 1. The quantitative estimate of drug-likeness (QED) is 0.418. The van der Waals surface area contributed by atoms with Crippen LogP contribution in [0.15, 0.2) is 27.6 Å². The zero-order chi connectivity index (χ0) is 14.5. The van der Waals surface area contributed by atoms with Crippen LogP contribution in [-0.4, -0.2) is 22.6 Å². The highest BCUT2D eigenvalue weighted by atomic mass is 32.2. The van der Waals surface area contributed by atoms with Gasteiger partial charge in [0.25, 0.3) is 0 Å². The lowest BCUT2D eigenvalue weighted by Crippen LogP contribution is -1.94. The molecule has 110 valence electrons. The van der Waals surface area contributed by atoms with Crippen LogP contribution in [0.3, 0.4) is 0 Å². The number of thiazole rings is 1. The van der Waals surface area contributed by atoms with E-state index in [9.17, 15) is 13.2 Å². The zero-order valence-corrected chi connectivity index (χ0v) is 12.4. The van der Waals surface area contributed by atoms with Crippen molar-refractivity contribution in [1.29, 1.82) is 0 Å². The second-order valence-electron chi connectivity index (χ2n) is 4.24. The van der Waals surface area contributed by atoms with Crippen LogP contribution in [0.1, 0.15) is 31.1 Å². The van der Waals surface area contributed by atoms with E-state index < -0.39 is 11.9 Å². The lowest BCUT2D eigenvalue weighted by Gasteiger charge is -1.97. The van der Waals surface area contributed by atoms with Gasteiger partial charge in [0.15, 0.2) is 5.83 Å². The van der Waals surface area contributed by atoms with E-state index in [-0.39, 0.29) is 18.3 Å². The number of rotatable bonds is 7. The molecule has 0 atom stereocenters. The summed E-state index contributed by atoms with van der Waals surface area (Å²) in [7, 11) is 0. The molecule has 0 amide bonds. The molecule has 1 aliphatic rings. The Bertz CT molecular complexity index is 523. The van der Waals surface area contributed by atoms with Crippen molar-refractivity contribution in [3.05, 3.63) is 23.0 Å². The third-order valence-corrected chi connectivity index (χ3v) is 4.72. The van der Waals surface area contributed by atoms with Gasteiger partial charge in [0.1, 0.15) is 10.4 Å². The topological polar surface area (TPSA) is 34.5 Å². The van der Waals surface area contributed by atoms with Gasteiger partial charge in [-0.2, -0.15) is 8.78 Å². The minimum atomic E-state index is -2.24. The van der Waals surface area contributed by atoms with Crippen molar-refractivity contribution in [2.75, 3.05) is 5.75 Å². The second kappa shape index (κ2) is 7.12. The van der Waals surface area contributed by atoms with Crippen molar-refractivity contribution >= 4 is 28.8 Å². The Labute approximate surface area is 122 Å². The largest absolute Gasteiger partial charge is 0.392 e. The van der Waals surface area contributed by atoms with E-state index in [1.165, 1.54) is 23.1 Å². The lowest BCUT2D eigenvalue weighted by molar-refractivity contribution is 0.129. The number of hydrogen-bond acceptors (Lipinski definition) is 5. The van der Waals surface area contributed by atoms with Gasteiger partial charge >= 0.3 is 6.08 Å². The molecule has 1 heterocycles. The number of hydrogen-bond donors (Lipinski definition) is 0. The number of oxime groups is 1. The van der Waals surface area contributed by atoms with Gasteiger partial charge in [0.05, 0.1) is 10.6 Å². The van der Waals surface area contributed by atoms with Gasteiger partial charge in [-0.05, 0) is 19.8 Å². The van der Waals surface area contributed by atoms with Crippen LogP contribution in [0.2, 0.25) is 0 Å². The maximum absolute atomic E-state index is 12.6. The molecular formula is C12H13F3N2OS2. The molecule has 0 saturated heterocycles. The second-order valence-corrected chi connectivity index (χ2v) is 6.61. The standard InChI is InChI=1S/C12H13F3N2OS2/c1-7(17-18-8-2-3-8)10-6-16-12(20-10)19-5-4-9(13)11(14)15/h6,8H,2-5H2,1H3/b17-7-. The van der Waals surface area contributed by atoms with Gasteiger partial charge in [0.2, 0.25) is 0 Å². The molecule has 0 bridgehead atoms. The maximum atomic E-state index is 12.6. The van der Waals surface area contributed by atoms with E-state index in [0.29, 0.717) is 4.34 Å². The summed E-state index contributed by atoms with van der Waals surface area (Å²) < 4.78 is 37.1. The van der Waals surface area contributed by atoms with Gasteiger partial charge in [0, 0.05) is 18.4 Å². The SMILES string of the molecule is C/C(=N/OC1CC1)c1cnc(SCCC(F)=C(F)F)s1. The van der Waals surface area contributed by atoms with E-state index in [4.69, 9.17) is 4.84 Å². The fourth-order valence-electron chi connectivity index (χ4n) is 1.19. The highest BCUT2D eigenvalue weighted by Gasteiger charge is 2.23. The molecule has 1 fully saturated rings. The summed E-state index contributed by atoms with van der Waals surface area (Å²) in [5.74, 6) is -1.13. The van der Waals surface area contributed by atoms with Crippen LogP contribution < -0.4 is 0 Å². The first-order valence-corrected chi connectivity index (χ1v) is 7.85. The summed E-state index contributed by atoms with van der Waals surface area (Å²) in [4.78, 5) is 10.2. The molecule has 0 spiro atoms. The van der Waals surface area contributed by atoms with Crippen LogP contribution >= 0.6 is 23.1 Å². The Morgan fingerprint density at radius 2 is 2.25 bits per heavy atom. The zero-order valence-electron chi connectivity index (χ0n) is 10.7. The fourth-order valence-corrected chi connectivity index (χ4v) is 3.11. The first-order chi connectivity index (χ1) is 9.56. The molecule has 0 aromatic carbocycles. The average Bonchev–Trinajstić information content (AvgIpc) is 3.13. The molecule has 3 nitrogen and oxygen atoms in total. The lowest BCUT2D eigenvalue weighted by atomic mass is 10.4. The molecule has 2 rings (SSSR count). The average molecular weight is 322 g/mol. The molecule has 1 saturated carbocycles. The van der Waals surface area contributed by atoms with Crippen molar-refractivity contribution < 1.29 is 18.0 Å². The highest BCUT2D eigenvalue weighted by molar-refractivity contribution is 8.01. The van der Waals surface area contributed by atoms with Crippen LogP contribution in [0, 0.1) is 0 Å². The normalized spacial score (nSPS) is 15.3. The summed E-state index contributed by atoms with van der Waals surface area (Å²) in [6.07, 6.45) is 1.46. The Kier molecular flexibility index (Phi) is 5.47. The first-order valence-electron chi connectivity index (χ1n) is 6.05. The summed E-state index contributed by atoms with van der Waals surface area (Å²) in [6, 6.07) is 0. The minimum absolute atomic E-state index is 0.227. The van der Waals surface area contributed by atoms with Crippen molar-refractivity contribution in [2.45, 2.75) is 36.6 Å². The van der Waals surface area contributed by atoms with Gasteiger partial charge in [-0.3, -0.25) is 0 Å². The van der Waals surface area contributed by atoms with Crippen molar-refractivity contribution in [3.63, 3.8) is 0 Å². The van der Waals surface area contributed by atoms with E-state index in [2.05, 4.69) is 10.1 Å². The molecule has 20 heavy (non-hydrogen) atoms. The smallest absolute Gasteiger partial charge is 0.301 e. The summed E-state index contributed by atoms with van der Waals surface area (Å²) >= 11 is 2.63. The Morgan fingerprint density at radius 3 is 2.90 bits per heavy atom. The number of halogens is 3.